The molecule has 1 unspecified atom stereocenters. The minimum Gasteiger partial charge on any atom is -0.453 e. The standard InChI is InChI=1S/C9H14O4/c1-3-6(2)9-8(10)13-7(4-11-9)5-12-9/h6-7H,3-5H2,1-2H3. The number of hydrogen-bond donors (Lipinski definition) is 0. The Bertz CT molecular complexity index is 218. The fourth-order valence-corrected chi connectivity index (χ4v) is 1.70. The summed E-state index contributed by atoms with van der Waals surface area (Å²) in [4.78, 5) is 11.5. The molecule has 0 amide bonds. The van der Waals surface area contributed by atoms with Crippen LogP contribution in [0.4, 0.5) is 0 Å². The van der Waals surface area contributed by atoms with Gasteiger partial charge < -0.3 is 14.2 Å². The molecule has 0 saturated carbocycles. The summed E-state index contributed by atoms with van der Waals surface area (Å²) in [6.45, 7) is 4.87. The Morgan fingerprint density at radius 3 is 2.62 bits per heavy atom. The molecule has 13 heavy (non-hydrogen) atoms. The van der Waals surface area contributed by atoms with E-state index in [-0.39, 0.29) is 18.0 Å². The molecular formula is C9H14O4. The van der Waals surface area contributed by atoms with Crippen molar-refractivity contribution in [3.63, 3.8) is 0 Å². The summed E-state index contributed by atoms with van der Waals surface area (Å²) in [6.07, 6.45) is 0.637. The molecule has 0 radical (unpaired) electrons. The predicted molar refractivity (Wildman–Crippen MR) is 44.0 cm³/mol. The second-order valence-corrected chi connectivity index (χ2v) is 3.63. The molecular weight excluding hydrogens is 172 g/mol. The molecule has 74 valence electrons. The first-order chi connectivity index (χ1) is 6.19. The number of carbonyl (C=O) groups excluding carboxylic acids is 1. The van der Waals surface area contributed by atoms with E-state index in [2.05, 4.69) is 0 Å². The third-order valence-corrected chi connectivity index (χ3v) is 2.79. The highest BCUT2D eigenvalue weighted by atomic mass is 16.8. The van der Waals surface area contributed by atoms with Gasteiger partial charge in [-0.3, -0.25) is 0 Å². The van der Waals surface area contributed by atoms with E-state index in [0.717, 1.165) is 6.42 Å². The number of esters is 1. The molecule has 0 aromatic carbocycles. The summed E-state index contributed by atoms with van der Waals surface area (Å²) in [7, 11) is 0. The maximum atomic E-state index is 11.5. The lowest BCUT2D eigenvalue weighted by molar-refractivity contribution is -0.344. The van der Waals surface area contributed by atoms with Gasteiger partial charge in [0.1, 0.15) is 6.10 Å². The van der Waals surface area contributed by atoms with E-state index in [1.54, 1.807) is 0 Å². The SMILES string of the molecule is CCC(C)C12OCC(CO1)OC2=O. The Morgan fingerprint density at radius 1 is 1.54 bits per heavy atom. The molecule has 0 aromatic heterocycles. The van der Waals surface area contributed by atoms with E-state index in [1.807, 2.05) is 13.8 Å². The average Bonchev–Trinajstić information content (AvgIpc) is 2.18. The zero-order chi connectivity index (χ0) is 9.47. The third kappa shape index (κ3) is 1.16. The van der Waals surface area contributed by atoms with Crippen molar-refractivity contribution in [1.29, 1.82) is 0 Å². The monoisotopic (exact) mass is 186 g/mol. The molecule has 1 atom stereocenters. The molecule has 4 heteroatoms. The minimum absolute atomic E-state index is 0.0428. The van der Waals surface area contributed by atoms with Crippen molar-refractivity contribution in [2.75, 3.05) is 13.2 Å². The zero-order valence-corrected chi connectivity index (χ0v) is 7.91. The summed E-state index contributed by atoms with van der Waals surface area (Å²) >= 11 is 0. The molecule has 0 spiro atoms. The highest BCUT2D eigenvalue weighted by Gasteiger charge is 2.55. The average molecular weight is 186 g/mol. The fourth-order valence-electron chi connectivity index (χ4n) is 1.70. The first kappa shape index (κ1) is 8.97. The smallest absolute Gasteiger partial charge is 0.367 e. The Hall–Kier alpha value is -0.610. The minimum atomic E-state index is -1.11. The van der Waals surface area contributed by atoms with E-state index < -0.39 is 5.79 Å². The van der Waals surface area contributed by atoms with Crippen molar-refractivity contribution < 1.29 is 19.0 Å². The lowest BCUT2D eigenvalue weighted by atomic mass is 9.95. The molecule has 3 heterocycles. The van der Waals surface area contributed by atoms with E-state index in [0.29, 0.717) is 13.2 Å². The van der Waals surface area contributed by atoms with Gasteiger partial charge in [0.05, 0.1) is 13.2 Å². The zero-order valence-electron chi connectivity index (χ0n) is 7.91. The Balaban J connectivity index is 2.22. The van der Waals surface area contributed by atoms with Crippen molar-refractivity contribution in [1.82, 2.24) is 0 Å². The molecule has 3 aliphatic rings. The van der Waals surface area contributed by atoms with E-state index in [9.17, 15) is 4.79 Å². The van der Waals surface area contributed by atoms with E-state index >= 15 is 0 Å². The number of rotatable bonds is 2. The van der Waals surface area contributed by atoms with Crippen molar-refractivity contribution in [2.45, 2.75) is 32.2 Å². The van der Waals surface area contributed by atoms with Crippen LogP contribution in [0, 0.1) is 5.92 Å². The maximum absolute atomic E-state index is 11.5. The Kier molecular flexibility index (Phi) is 2.04. The molecule has 3 rings (SSSR count). The largest absolute Gasteiger partial charge is 0.453 e. The van der Waals surface area contributed by atoms with Gasteiger partial charge in [-0.25, -0.2) is 4.79 Å². The number of hydrogen-bond acceptors (Lipinski definition) is 4. The van der Waals surface area contributed by atoms with Crippen LogP contribution in [0.15, 0.2) is 0 Å². The summed E-state index contributed by atoms with van der Waals surface area (Å²) in [5, 5.41) is 0. The van der Waals surface area contributed by atoms with Gasteiger partial charge in [0.25, 0.3) is 5.79 Å². The molecule has 0 aromatic rings. The lowest BCUT2D eigenvalue weighted by Crippen LogP contribution is -2.63. The maximum Gasteiger partial charge on any atom is 0.367 e. The molecule has 3 fully saturated rings. The van der Waals surface area contributed by atoms with Crippen LogP contribution in [-0.2, 0) is 19.0 Å². The molecule has 0 aliphatic carbocycles. The van der Waals surface area contributed by atoms with Gasteiger partial charge in [-0.05, 0) is 6.42 Å². The van der Waals surface area contributed by atoms with Crippen molar-refractivity contribution in [3.8, 4) is 0 Å². The van der Waals surface area contributed by atoms with Crippen LogP contribution in [0.2, 0.25) is 0 Å². The van der Waals surface area contributed by atoms with Gasteiger partial charge in [-0.2, -0.15) is 0 Å². The van der Waals surface area contributed by atoms with Gasteiger partial charge in [-0.1, -0.05) is 13.8 Å². The van der Waals surface area contributed by atoms with Crippen molar-refractivity contribution in [2.24, 2.45) is 5.92 Å². The van der Waals surface area contributed by atoms with Crippen LogP contribution in [0.25, 0.3) is 0 Å². The second kappa shape index (κ2) is 2.96. The van der Waals surface area contributed by atoms with Crippen LogP contribution in [-0.4, -0.2) is 31.1 Å². The van der Waals surface area contributed by atoms with Gasteiger partial charge in [0, 0.05) is 5.92 Å². The summed E-state index contributed by atoms with van der Waals surface area (Å²) in [6, 6.07) is 0. The van der Waals surface area contributed by atoms with Gasteiger partial charge in [-0.15, -0.1) is 0 Å². The van der Waals surface area contributed by atoms with Gasteiger partial charge >= 0.3 is 5.97 Å². The molecule has 0 N–H and O–H groups in total. The fraction of sp³-hybridized carbons (Fsp3) is 0.889. The lowest BCUT2D eigenvalue weighted by Gasteiger charge is -2.46. The summed E-state index contributed by atoms with van der Waals surface area (Å²) in [5.41, 5.74) is 0. The quantitative estimate of drug-likeness (QED) is 0.595. The van der Waals surface area contributed by atoms with Crippen molar-refractivity contribution >= 4 is 5.97 Å². The highest BCUT2D eigenvalue weighted by molar-refractivity contribution is 5.79. The highest BCUT2D eigenvalue weighted by Crippen LogP contribution is 2.36. The number of fused-ring (bicyclic) bond motifs is 3. The van der Waals surface area contributed by atoms with Gasteiger partial charge in [0.2, 0.25) is 0 Å². The summed E-state index contributed by atoms with van der Waals surface area (Å²) in [5.74, 6) is -1.42. The Labute approximate surface area is 77.1 Å². The van der Waals surface area contributed by atoms with Crippen LogP contribution < -0.4 is 0 Å². The third-order valence-electron chi connectivity index (χ3n) is 2.79. The van der Waals surface area contributed by atoms with Gasteiger partial charge in [0.15, 0.2) is 0 Å². The van der Waals surface area contributed by atoms with Crippen LogP contribution in [0.5, 0.6) is 0 Å². The van der Waals surface area contributed by atoms with Crippen LogP contribution in [0.3, 0.4) is 0 Å². The molecule has 3 saturated heterocycles. The molecule has 4 nitrogen and oxygen atoms in total. The van der Waals surface area contributed by atoms with E-state index in [4.69, 9.17) is 14.2 Å². The first-order valence-electron chi connectivity index (χ1n) is 4.68. The van der Waals surface area contributed by atoms with E-state index in [1.165, 1.54) is 0 Å². The van der Waals surface area contributed by atoms with Crippen LogP contribution >= 0.6 is 0 Å². The second-order valence-electron chi connectivity index (χ2n) is 3.63. The molecule has 3 aliphatic heterocycles. The first-order valence-corrected chi connectivity index (χ1v) is 4.68. The summed E-state index contributed by atoms with van der Waals surface area (Å²) < 4.78 is 16.0. The topological polar surface area (TPSA) is 44.8 Å². The number of ether oxygens (including phenoxy) is 3. The Morgan fingerprint density at radius 2 is 2.15 bits per heavy atom. The van der Waals surface area contributed by atoms with Crippen molar-refractivity contribution in [3.05, 3.63) is 0 Å². The van der Waals surface area contributed by atoms with Crippen LogP contribution in [0.1, 0.15) is 20.3 Å². The normalized spacial score (nSPS) is 40.2. The predicted octanol–water partition coefficient (Wildman–Crippen LogP) is 0.701. The molecule has 2 bridgehead atoms. The number of carbonyl (C=O) groups is 1.